The molecular formula is C18H20FN3O2. The average Bonchev–Trinajstić information content (AvgIpc) is 2.64. The number of carbonyl (C=O) groups excluding carboxylic acids is 1. The summed E-state index contributed by atoms with van der Waals surface area (Å²) >= 11 is 0. The fourth-order valence-electron chi connectivity index (χ4n) is 2.66. The van der Waals surface area contributed by atoms with Crippen LogP contribution in [0.3, 0.4) is 0 Å². The SMILES string of the molecule is O=C([C@@H]1CNCCO1)N(Cc1ccncc1)Cc1ccc(F)cc1. The maximum Gasteiger partial charge on any atom is 0.253 e. The molecule has 1 fully saturated rings. The summed E-state index contributed by atoms with van der Waals surface area (Å²) in [7, 11) is 0. The minimum absolute atomic E-state index is 0.0664. The number of hydrogen-bond donors (Lipinski definition) is 1. The number of aromatic nitrogens is 1. The monoisotopic (exact) mass is 329 g/mol. The second kappa shape index (κ2) is 7.99. The van der Waals surface area contributed by atoms with Crippen molar-refractivity contribution in [2.75, 3.05) is 19.7 Å². The molecule has 3 rings (SSSR count). The lowest BCUT2D eigenvalue weighted by molar-refractivity contribution is -0.146. The second-order valence-corrected chi connectivity index (χ2v) is 5.74. The largest absolute Gasteiger partial charge is 0.366 e. The first-order chi connectivity index (χ1) is 11.7. The lowest BCUT2D eigenvalue weighted by Crippen LogP contribution is -2.49. The highest BCUT2D eigenvalue weighted by Crippen LogP contribution is 2.13. The van der Waals surface area contributed by atoms with Crippen LogP contribution in [0.25, 0.3) is 0 Å². The van der Waals surface area contributed by atoms with Gasteiger partial charge >= 0.3 is 0 Å². The molecule has 0 radical (unpaired) electrons. The number of halogens is 1. The van der Waals surface area contributed by atoms with Gasteiger partial charge in [0.15, 0.2) is 0 Å². The van der Waals surface area contributed by atoms with Crippen molar-refractivity contribution in [1.82, 2.24) is 15.2 Å². The Bertz CT molecular complexity index is 658. The molecule has 1 atom stereocenters. The average molecular weight is 329 g/mol. The van der Waals surface area contributed by atoms with Crippen molar-refractivity contribution in [3.05, 3.63) is 65.7 Å². The number of benzene rings is 1. The van der Waals surface area contributed by atoms with Crippen molar-refractivity contribution in [3.8, 4) is 0 Å². The van der Waals surface area contributed by atoms with Gasteiger partial charge in [0.2, 0.25) is 0 Å². The minimum Gasteiger partial charge on any atom is -0.366 e. The number of nitrogens with zero attached hydrogens (tertiary/aromatic N) is 2. The van der Waals surface area contributed by atoms with Crippen LogP contribution in [0, 0.1) is 5.82 Å². The number of morpholine rings is 1. The summed E-state index contributed by atoms with van der Waals surface area (Å²) in [5.41, 5.74) is 1.87. The highest BCUT2D eigenvalue weighted by molar-refractivity contribution is 5.81. The Morgan fingerprint density at radius 2 is 1.83 bits per heavy atom. The van der Waals surface area contributed by atoms with Gasteiger partial charge < -0.3 is 15.0 Å². The van der Waals surface area contributed by atoms with Crippen LogP contribution in [-0.2, 0) is 22.6 Å². The van der Waals surface area contributed by atoms with E-state index in [0.29, 0.717) is 26.2 Å². The Morgan fingerprint density at radius 1 is 1.17 bits per heavy atom. The fourth-order valence-corrected chi connectivity index (χ4v) is 2.66. The first-order valence-corrected chi connectivity index (χ1v) is 7.97. The molecule has 1 aromatic carbocycles. The van der Waals surface area contributed by atoms with Gasteiger partial charge in [-0.05, 0) is 35.4 Å². The molecule has 1 aliphatic heterocycles. The van der Waals surface area contributed by atoms with Gasteiger partial charge in [0.1, 0.15) is 11.9 Å². The van der Waals surface area contributed by atoms with E-state index in [1.165, 1.54) is 12.1 Å². The van der Waals surface area contributed by atoms with E-state index in [9.17, 15) is 9.18 Å². The molecule has 6 heteroatoms. The number of hydrogen-bond acceptors (Lipinski definition) is 4. The number of carbonyl (C=O) groups is 1. The van der Waals surface area contributed by atoms with Crippen molar-refractivity contribution in [2.24, 2.45) is 0 Å². The molecule has 0 bridgehead atoms. The molecule has 0 saturated carbocycles. The van der Waals surface area contributed by atoms with E-state index in [1.807, 2.05) is 12.1 Å². The van der Waals surface area contributed by atoms with Gasteiger partial charge in [0.25, 0.3) is 5.91 Å². The maximum atomic E-state index is 13.1. The first kappa shape index (κ1) is 16.5. The molecule has 0 unspecified atom stereocenters. The molecule has 1 aliphatic rings. The van der Waals surface area contributed by atoms with Crippen LogP contribution < -0.4 is 5.32 Å². The van der Waals surface area contributed by atoms with E-state index in [-0.39, 0.29) is 11.7 Å². The Morgan fingerprint density at radius 3 is 2.46 bits per heavy atom. The van der Waals surface area contributed by atoms with Crippen molar-refractivity contribution in [3.63, 3.8) is 0 Å². The smallest absolute Gasteiger partial charge is 0.253 e. The van der Waals surface area contributed by atoms with Crippen molar-refractivity contribution < 1.29 is 13.9 Å². The van der Waals surface area contributed by atoms with Crippen molar-refractivity contribution in [2.45, 2.75) is 19.2 Å². The van der Waals surface area contributed by atoms with Gasteiger partial charge in [-0.15, -0.1) is 0 Å². The van der Waals surface area contributed by atoms with Crippen LogP contribution in [0.4, 0.5) is 4.39 Å². The number of nitrogens with one attached hydrogen (secondary N) is 1. The summed E-state index contributed by atoms with van der Waals surface area (Å²) in [5.74, 6) is -0.353. The predicted molar refractivity (Wildman–Crippen MR) is 87.5 cm³/mol. The molecule has 0 spiro atoms. The molecule has 2 aromatic rings. The standard InChI is InChI=1S/C18H20FN3O2/c19-16-3-1-14(2-4-16)12-22(13-15-5-7-20-8-6-15)18(23)17-11-21-9-10-24-17/h1-8,17,21H,9-13H2/t17-/m0/s1. The molecule has 1 saturated heterocycles. The lowest BCUT2D eigenvalue weighted by atomic mass is 10.1. The van der Waals surface area contributed by atoms with Gasteiger partial charge in [0, 0.05) is 38.6 Å². The quantitative estimate of drug-likeness (QED) is 0.908. The Kier molecular flexibility index (Phi) is 5.51. The van der Waals surface area contributed by atoms with Gasteiger partial charge in [-0.3, -0.25) is 9.78 Å². The number of amides is 1. The number of pyridine rings is 1. The van der Waals surface area contributed by atoms with Crippen LogP contribution in [0.1, 0.15) is 11.1 Å². The van der Waals surface area contributed by atoms with E-state index >= 15 is 0 Å². The molecular weight excluding hydrogens is 309 g/mol. The highest BCUT2D eigenvalue weighted by Gasteiger charge is 2.27. The highest BCUT2D eigenvalue weighted by atomic mass is 19.1. The number of ether oxygens (including phenoxy) is 1. The molecule has 1 N–H and O–H groups in total. The predicted octanol–water partition coefficient (Wildman–Crippen LogP) is 1.74. The summed E-state index contributed by atoms with van der Waals surface area (Å²) in [4.78, 5) is 18.6. The van der Waals surface area contributed by atoms with Gasteiger partial charge in [-0.2, -0.15) is 0 Å². The second-order valence-electron chi connectivity index (χ2n) is 5.74. The topological polar surface area (TPSA) is 54.5 Å². The Balaban J connectivity index is 1.76. The summed E-state index contributed by atoms with van der Waals surface area (Å²) in [5, 5.41) is 3.17. The van der Waals surface area contributed by atoms with Crippen LogP contribution in [0.15, 0.2) is 48.8 Å². The third kappa shape index (κ3) is 4.37. The van der Waals surface area contributed by atoms with E-state index in [4.69, 9.17) is 4.74 Å². The molecule has 1 aromatic heterocycles. The molecule has 1 amide bonds. The van der Waals surface area contributed by atoms with Crippen LogP contribution >= 0.6 is 0 Å². The Labute approximate surface area is 140 Å². The van der Waals surface area contributed by atoms with Crippen LogP contribution in [-0.4, -0.2) is 41.6 Å². The van der Waals surface area contributed by atoms with Gasteiger partial charge in [-0.25, -0.2) is 4.39 Å². The maximum absolute atomic E-state index is 13.1. The first-order valence-electron chi connectivity index (χ1n) is 7.97. The summed E-state index contributed by atoms with van der Waals surface area (Å²) in [6.45, 7) is 2.65. The molecule has 24 heavy (non-hydrogen) atoms. The molecule has 5 nitrogen and oxygen atoms in total. The van der Waals surface area contributed by atoms with Crippen molar-refractivity contribution >= 4 is 5.91 Å². The van der Waals surface area contributed by atoms with Gasteiger partial charge in [0.05, 0.1) is 6.61 Å². The third-order valence-corrected chi connectivity index (χ3v) is 3.92. The van der Waals surface area contributed by atoms with Crippen LogP contribution in [0.5, 0.6) is 0 Å². The number of rotatable bonds is 5. The van der Waals surface area contributed by atoms with Crippen molar-refractivity contribution in [1.29, 1.82) is 0 Å². The zero-order chi connectivity index (χ0) is 16.8. The van der Waals surface area contributed by atoms with Crippen LogP contribution in [0.2, 0.25) is 0 Å². The van der Waals surface area contributed by atoms with E-state index in [1.54, 1.807) is 29.4 Å². The summed E-state index contributed by atoms with van der Waals surface area (Å²) < 4.78 is 18.7. The van der Waals surface area contributed by atoms with E-state index < -0.39 is 6.10 Å². The zero-order valence-corrected chi connectivity index (χ0v) is 13.3. The van der Waals surface area contributed by atoms with E-state index in [0.717, 1.165) is 17.7 Å². The third-order valence-electron chi connectivity index (χ3n) is 3.92. The Hall–Kier alpha value is -2.31. The molecule has 2 heterocycles. The van der Waals surface area contributed by atoms with Gasteiger partial charge in [-0.1, -0.05) is 12.1 Å². The zero-order valence-electron chi connectivity index (χ0n) is 13.3. The lowest BCUT2D eigenvalue weighted by Gasteiger charge is -2.30. The fraction of sp³-hybridized carbons (Fsp3) is 0.333. The van der Waals surface area contributed by atoms with E-state index in [2.05, 4.69) is 10.3 Å². The summed E-state index contributed by atoms with van der Waals surface area (Å²) in [6, 6.07) is 9.96. The normalized spacial score (nSPS) is 17.5. The molecule has 126 valence electrons. The minimum atomic E-state index is -0.485. The molecule has 0 aliphatic carbocycles. The summed E-state index contributed by atoms with van der Waals surface area (Å²) in [6.07, 6.45) is 2.92.